The number of fused-ring (bicyclic) bond motifs is 1. The molecule has 0 saturated heterocycles. The van der Waals surface area contributed by atoms with Crippen LogP contribution in [0.1, 0.15) is 0 Å². The van der Waals surface area contributed by atoms with Crippen molar-refractivity contribution in [2.75, 3.05) is 5.73 Å². The zero-order valence-electron chi connectivity index (χ0n) is 7.34. The molecule has 0 amide bonds. The van der Waals surface area contributed by atoms with Crippen LogP contribution in [0.3, 0.4) is 0 Å². The molecular formula is C9H6Cl2N2O2. The average Bonchev–Trinajstić information content (AvgIpc) is 2.13. The smallest absolute Gasteiger partial charge is 0.275 e. The maximum Gasteiger partial charge on any atom is 0.275 e. The molecule has 6 heteroatoms. The first kappa shape index (κ1) is 10.1. The normalized spacial score (nSPS) is 10.8. The van der Waals surface area contributed by atoms with Gasteiger partial charge in [0.25, 0.3) is 5.56 Å². The van der Waals surface area contributed by atoms with Crippen LogP contribution >= 0.6 is 23.2 Å². The molecule has 1 aromatic heterocycles. The molecule has 15 heavy (non-hydrogen) atoms. The van der Waals surface area contributed by atoms with Crippen molar-refractivity contribution in [1.82, 2.24) is 4.98 Å². The van der Waals surface area contributed by atoms with E-state index >= 15 is 0 Å². The fourth-order valence-electron chi connectivity index (χ4n) is 1.34. The Hall–Kier alpha value is -1.39. The quantitative estimate of drug-likeness (QED) is 0.665. The molecule has 1 aromatic carbocycles. The van der Waals surface area contributed by atoms with Crippen LogP contribution in [0.15, 0.2) is 16.9 Å². The van der Waals surface area contributed by atoms with Gasteiger partial charge in [0.15, 0.2) is 5.75 Å². The third-order valence-corrected chi connectivity index (χ3v) is 2.56. The number of nitrogens with one attached hydrogen (secondary N) is 1. The first-order chi connectivity index (χ1) is 7.00. The maximum absolute atomic E-state index is 11.2. The van der Waals surface area contributed by atoms with E-state index in [2.05, 4.69) is 4.98 Å². The zero-order valence-corrected chi connectivity index (χ0v) is 8.86. The summed E-state index contributed by atoms with van der Waals surface area (Å²) in [6, 6.07) is 2.95. The van der Waals surface area contributed by atoms with Crippen LogP contribution in [0, 0.1) is 0 Å². The summed E-state index contributed by atoms with van der Waals surface area (Å²) in [6.07, 6.45) is 0. The van der Waals surface area contributed by atoms with E-state index in [0.29, 0.717) is 10.5 Å². The van der Waals surface area contributed by atoms with Gasteiger partial charge >= 0.3 is 0 Å². The van der Waals surface area contributed by atoms with Crippen LogP contribution < -0.4 is 11.3 Å². The lowest BCUT2D eigenvalue weighted by atomic mass is 10.2. The number of benzene rings is 1. The fraction of sp³-hybridized carbons (Fsp3) is 0. The summed E-state index contributed by atoms with van der Waals surface area (Å²) in [7, 11) is 0. The second kappa shape index (κ2) is 3.32. The van der Waals surface area contributed by atoms with Crippen LogP contribution in [0.25, 0.3) is 10.9 Å². The highest BCUT2D eigenvalue weighted by atomic mass is 35.5. The summed E-state index contributed by atoms with van der Waals surface area (Å²) in [5.74, 6) is -0.324. The van der Waals surface area contributed by atoms with Crippen LogP contribution in [0.5, 0.6) is 5.75 Å². The van der Waals surface area contributed by atoms with E-state index < -0.39 is 5.56 Å². The zero-order chi connectivity index (χ0) is 11.2. The molecule has 0 spiro atoms. The van der Waals surface area contributed by atoms with Crippen molar-refractivity contribution < 1.29 is 5.11 Å². The lowest BCUT2D eigenvalue weighted by Crippen LogP contribution is -2.11. The Balaban J connectivity index is 3.05. The molecule has 1 heterocycles. The van der Waals surface area contributed by atoms with Gasteiger partial charge in [-0.25, -0.2) is 0 Å². The Morgan fingerprint density at radius 1 is 1.33 bits per heavy atom. The van der Waals surface area contributed by atoms with Crippen LogP contribution in [-0.4, -0.2) is 10.1 Å². The maximum atomic E-state index is 11.2. The molecule has 0 fully saturated rings. The standard InChI is InChI=1S/C9H6Cl2N2O2/c10-3-1-4(11)6-5(2-3)13-9(15)7(12)8(6)14/h1-2H,12H2,(H2,13,14,15). The van der Waals surface area contributed by atoms with Crippen molar-refractivity contribution in [3.8, 4) is 5.75 Å². The Bertz CT molecular complexity index is 607. The summed E-state index contributed by atoms with van der Waals surface area (Å²) in [5, 5.41) is 10.5. The third kappa shape index (κ3) is 1.52. The number of nitrogens with two attached hydrogens (primary N) is 1. The molecule has 4 nitrogen and oxygen atoms in total. The van der Waals surface area contributed by atoms with Gasteiger partial charge in [-0.15, -0.1) is 0 Å². The lowest BCUT2D eigenvalue weighted by Gasteiger charge is -2.05. The number of anilines is 1. The molecule has 4 N–H and O–H groups in total. The summed E-state index contributed by atoms with van der Waals surface area (Å²) < 4.78 is 0. The van der Waals surface area contributed by atoms with Gasteiger partial charge in [0.1, 0.15) is 5.69 Å². The predicted octanol–water partition coefficient (Wildman–Crippen LogP) is 2.12. The van der Waals surface area contributed by atoms with Crippen molar-refractivity contribution in [1.29, 1.82) is 0 Å². The molecular weight excluding hydrogens is 239 g/mol. The fourth-order valence-corrected chi connectivity index (χ4v) is 1.93. The summed E-state index contributed by atoms with van der Waals surface area (Å²) >= 11 is 11.6. The second-order valence-electron chi connectivity index (χ2n) is 3.03. The minimum atomic E-state index is -0.571. The second-order valence-corrected chi connectivity index (χ2v) is 3.87. The molecule has 2 rings (SSSR count). The molecule has 0 aliphatic carbocycles. The number of pyridine rings is 1. The summed E-state index contributed by atoms with van der Waals surface area (Å²) in [6.45, 7) is 0. The topological polar surface area (TPSA) is 79.1 Å². The third-order valence-electron chi connectivity index (χ3n) is 2.04. The number of hydrogen-bond acceptors (Lipinski definition) is 3. The number of aromatic hydroxyl groups is 1. The van der Waals surface area contributed by atoms with Gasteiger partial charge in [-0.3, -0.25) is 4.79 Å². The van der Waals surface area contributed by atoms with Crippen LogP contribution in [-0.2, 0) is 0 Å². The van der Waals surface area contributed by atoms with Crippen molar-refractivity contribution >= 4 is 39.8 Å². The van der Waals surface area contributed by atoms with E-state index in [-0.39, 0.29) is 21.8 Å². The van der Waals surface area contributed by atoms with E-state index in [9.17, 15) is 9.90 Å². The van der Waals surface area contributed by atoms with Gasteiger partial charge in [0, 0.05) is 5.02 Å². The van der Waals surface area contributed by atoms with Crippen LogP contribution in [0.4, 0.5) is 5.69 Å². The number of nitrogen functional groups attached to an aromatic ring is 1. The van der Waals surface area contributed by atoms with E-state index in [1.165, 1.54) is 12.1 Å². The van der Waals surface area contributed by atoms with E-state index in [1.807, 2.05) is 0 Å². The van der Waals surface area contributed by atoms with Crippen molar-refractivity contribution in [3.63, 3.8) is 0 Å². The molecule has 2 aromatic rings. The van der Waals surface area contributed by atoms with Crippen molar-refractivity contribution in [2.24, 2.45) is 0 Å². The van der Waals surface area contributed by atoms with Gasteiger partial charge < -0.3 is 15.8 Å². The largest absolute Gasteiger partial charge is 0.505 e. The van der Waals surface area contributed by atoms with Gasteiger partial charge in [-0.05, 0) is 12.1 Å². The highest BCUT2D eigenvalue weighted by Gasteiger charge is 2.12. The Morgan fingerprint density at radius 2 is 2.00 bits per heavy atom. The van der Waals surface area contributed by atoms with E-state index in [1.54, 1.807) is 0 Å². The number of H-pyrrole nitrogens is 1. The van der Waals surface area contributed by atoms with Gasteiger partial charge in [-0.1, -0.05) is 23.2 Å². The van der Waals surface area contributed by atoms with Crippen molar-refractivity contribution in [3.05, 3.63) is 32.5 Å². The molecule has 0 bridgehead atoms. The molecule has 0 aliphatic rings. The van der Waals surface area contributed by atoms with Crippen LogP contribution in [0.2, 0.25) is 10.0 Å². The number of aromatic nitrogens is 1. The van der Waals surface area contributed by atoms with Gasteiger partial charge in [0.2, 0.25) is 0 Å². The minimum Gasteiger partial charge on any atom is -0.505 e. The highest BCUT2D eigenvalue weighted by Crippen LogP contribution is 2.34. The molecule has 0 unspecified atom stereocenters. The predicted molar refractivity (Wildman–Crippen MR) is 60.7 cm³/mol. The molecule has 0 atom stereocenters. The highest BCUT2D eigenvalue weighted by molar-refractivity contribution is 6.39. The molecule has 78 valence electrons. The summed E-state index contributed by atoms with van der Waals surface area (Å²) in [5.41, 5.74) is 4.89. The Morgan fingerprint density at radius 3 is 2.67 bits per heavy atom. The number of hydrogen-bond donors (Lipinski definition) is 3. The summed E-state index contributed by atoms with van der Waals surface area (Å²) in [4.78, 5) is 13.7. The van der Waals surface area contributed by atoms with E-state index in [0.717, 1.165) is 0 Å². The molecule has 0 saturated carbocycles. The van der Waals surface area contributed by atoms with Gasteiger partial charge in [0.05, 0.1) is 15.9 Å². The number of aromatic amines is 1. The number of rotatable bonds is 0. The average molecular weight is 245 g/mol. The number of halogens is 2. The van der Waals surface area contributed by atoms with E-state index in [4.69, 9.17) is 28.9 Å². The van der Waals surface area contributed by atoms with Crippen molar-refractivity contribution in [2.45, 2.75) is 0 Å². The minimum absolute atomic E-state index is 0.234. The lowest BCUT2D eigenvalue weighted by molar-refractivity contribution is 0.483. The SMILES string of the molecule is Nc1c(O)c2c(Cl)cc(Cl)cc2[nH]c1=O. The molecule has 0 radical (unpaired) electrons. The molecule has 0 aliphatic heterocycles. The first-order valence-corrected chi connectivity index (χ1v) is 4.76. The Kier molecular flexibility index (Phi) is 2.25. The first-order valence-electron chi connectivity index (χ1n) is 4.00. The van der Waals surface area contributed by atoms with Gasteiger partial charge in [-0.2, -0.15) is 0 Å². The monoisotopic (exact) mass is 244 g/mol. The Labute approximate surface area is 94.2 Å².